The van der Waals surface area contributed by atoms with Gasteiger partial charge >= 0.3 is 19.5 Å². The van der Waals surface area contributed by atoms with E-state index >= 15 is 0 Å². The molecule has 0 saturated carbocycles. The molecule has 8 nitrogen and oxygen atoms in total. The molecule has 1 N–H and O–H groups in total. The van der Waals surface area contributed by atoms with Crippen LogP contribution >= 0.6 is 7.60 Å². The molecule has 142 valence electrons. The summed E-state index contributed by atoms with van der Waals surface area (Å²) in [6, 6.07) is 0. The lowest BCUT2D eigenvalue weighted by Gasteiger charge is -2.29. The minimum atomic E-state index is -4.05. The van der Waals surface area contributed by atoms with Crippen LogP contribution in [0.2, 0.25) is 0 Å². The number of carbonyl (C=O) groups excluding carboxylic acids is 2. The van der Waals surface area contributed by atoms with Gasteiger partial charge in [0.25, 0.3) is 0 Å². The normalized spacial score (nSPS) is 16.5. The Morgan fingerprint density at radius 1 is 0.875 bits per heavy atom. The number of hydrogen-bond donors (Lipinski definition) is 1. The summed E-state index contributed by atoms with van der Waals surface area (Å²) < 4.78 is 33.3. The standard InChI is InChI=1S/C15H29O8P/c1-7-12(17)20-14(10(3)4)22-24(19,9-16)23-15(11(5)6)21-13(18)8-2/h10-11,14-16H,7-9H2,1-6H3. The van der Waals surface area contributed by atoms with Gasteiger partial charge in [0.1, 0.15) is 6.35 Å². The minimum absolute atomic E-state index is 0.125. The summed E-state index contributed by atoms with van der Waals surface area (Å²) in [5, 5.41) is 9.44. The number of hydrogen-bond acceptors (Lipinski definition) is 8. The maximum absolute atomic E-state index is 12.7. The lowest BCUT2D eigenvalue weighted by molar-refractivity contribution is -0.179. The molecule has 0 amide bonds. The van der Waals surface area contributed by atoms with Gasteiger partial charge in [0.2, 0.25) is 12.6 Å². The van der Waals surface area contributed by atoms with E-state index in [1.54, 1.807) is 41.5 Å². The first kappa shape index (κ1) is 23.1. The van der Waals surface area contributed by atoms with Crippen LogP contribution in [-0.2, 0) is 32.7 Å². The summed E-state index contributed by atoms with van der Waals surface area (Å²) in [7, 11) is -4.05. The molecule has 0 saturated heterocycles. The van der Waals surface area contributed by atoms with Gasteiger partial charge < -0.3 is 14.6 Å². The molecule has 2 unspecified atom stereocenters. The van der Waals surface area contributed by atoms with E-state index in [0.717, 1.165) is 0 Å². The fourth-order valence-electron chi connectivity index (χ4n) is 1.39. The average Bonchev–Trinajstić information content (AvgIpc) is 2.52. The van der Waals surface area contributed by atoms with Crippen molar-refractivity contribution < 1.29 is 37.8 Å². The van der Waals surface area contributed by atoms with Crippen LogP contribution in [0.15, 0.2) is 0 Å². The maximum Gasteiger partial charge on any atom is 0.362 e. The molecule has 0 aromatic carbocycles. The first-order valence-electron chi connectivity index (χ1n) is 8.04. The molecule has 0 spiro atoms. The van der Waals surface area contributed by atoms with Gasteiger partial charge in [-0.3, -0.25) is 23.2 Å². The molecule has 0 aromatic heterocycles. The number of ether oxygens (including phenoxy) is 2. The van der Waals surface area contributed by atoms with Gasteiger partial charge in [0, 0.05) is 24.7 Å². The van der Waals surface area contributed by atoms with Crippen molar-refractivity contribution in [3.63, 3.8) is 0 Å². The van der Waals surface area contributed by atoms with Gasteiger partial charge in [-0.2, -0.15) is 0 Å². The Hall–Kier alpha value is -0.950. The fourth-order valence-corrected chi connectivity index (χ4v) is 2.78. The molecule has 0 heterocycles. The Balaban J connectivity index is 5.16. The molecule has 0 radical (unpaired) electrons. The summed E-state index contributed by atoms with van der Waals surface area (Å²) in [5.41, 5.74) is 0. The van der Waals surface area contributed by atoms with Crippen LogP contribution in [-0.4, -0.2) is 36.0 Å². The molecule has 0 aliphatic heterocycles. The van der Waals surface area contributed by atoms with Crippen molar-refractivity contribution in [2.24, 2.45) is 11.8 Å². The van der Waals surface area contributed by atoms with E-state index in [1.807, 2.05) is 0 Å². The number of rotatable bonds is 11. The number of aliphatic hydroxyl groups excluding tert-OH is 1. The van der Waals surface area contributed by atoms with Crippen LogP contribution in [0.1, 0.15) is 54.4 Å². The fraction of sp³-hybridized carbons (Fsp3) is 0.867. The summed E-state index contributed by atoms with van der Waals surface area (Å²) in [5.74, 6) is -1.70. The first-order valence-corrected chi connectivity index (χ1v) is 9.76. The SMILES string of the molecule is CCC(=O)OC(OP(=O)(CO)OC(OC(=O)CC)C(C)C)C(C)C. The third-order valence-electron chi connectivity index (χ3n) is 2.86. The van der Waals surface area contributed by atoms with Gasteiger partial charge in [0.15, 0.2) is 0 Å². The summed E-state index contributed by atoms with van der Waals surface area (Å²) in [4.78, 5) is 22.9. The quantitative estimate of drug-likeness (QED) is 0.337. The average molecular weight is 368 g/mol. The largest absolute Gasteiger partial charge is 0.435 e. The lowest BCUT2D eigenvalue weighted by atomic mass is 10.2. The van der Waals surface area contributed by atoms with E-state index in [4.69, 9.17) is 18.5 Å². The van der Waals surface area contributed by atoms with Crippen molar-refractivity contribution in [1.29, 1.82) is 0 Å². The maximum atomic E-state index is 12.7. The van der Waals surface area contributed by atoms with Crippen LogP contribution < -0.4 is 0 Å². The van der Waals surface area contributed by atoms with Gasteiger partial charge in [-0.25, -0.2) is 0 Å². The molecule has 0 aliphatic carbocycles. The molecule has 0 bridgehead atoms. The first-order chi connectivity index (χ1) is 11.1. The van der Waals surface area contributed by atoms with Crippen LogP contribution in [0.4, 0.5) is 0 Å². The third kappa shape index (κ3) is 8.24. The van der Waals surface area contributed by atoms with Crippen LogP contribution in [0, 0.1) is 11.8 Å². The van der Waals surface area contributed by atoms with Crippen molar-refractivity contribution in [2.75, 3.05) is 6.35 Å². The Morgan fingerprint density at radius 2 is 1.21 bits per heavy atom. The molecule has 24 heavy (non-hydrogen) atoms. The smallest absolute Gasteiger partial charge is 0.362 e. The van der Waals surface area contributed by atoms with Crippen LogP contribution in [0.5, 0.6) is 0 Å². The highest BCUT2D eigenvalue weighted by molar-refractivity contribution is 7.53. The van der Waals surface area contributed by atoms with Crippen molar-refractivity contribution in [3.05, 3.63) is 0 Å². The van der Waals surface area contributed by atoms with Gasteiger partial charge in [0.05, 0.1) is 0 Å². The zero-order valence-electron chi connectivity index (χ0n) is 15.2. The van der Waals surface area contributed by atoms with E-state index in [2.05, 4.69) is 0 Å². The Kier molecular flexibility index (Phi) is 10.4. The van der Waals surface area contributed by atoms with Crippen molar-refractivity contribution in [2.45, 2.75) is 67.0 Å². The highest BCUT2D eigenvalue weighted by atomic mass is 31.2. The van der Waals surface area contributed by atoms with E-state index < -0.39 is 38.5 Å². The molecular formula is C15H29O8P. The van der Waals surface area contributed by atoms with Gasteiger partial charge in [-0.1, -0.05) is 41.5 Å². The highest BCUT2D eigenvalue weighted by Gasteiger charge is 2.36. The van der Waals surface area contributed by atoms with E-state index in [9.17, 15) is 19.3 Å². The Bertz CT molecular complexity index is 413. The zero-order valence-corrected chi connectivity index (χ0v) is 16.1. The van der Waals surface area contributed by atoms with Crippen molar-refractivity contribution >= 4 is 19.5 Å². The van der Waals surface area contributed by atoms with Crippen molar-refractivity contribution in [1.82, 2.24) is 0 Å². The molecule has 0 aromatic rings. The number of aliphatic hydroxyl groups is 1. The van der Waals surface area contributed by atoms with Gasteiger partial charge in [-0.05, 0) is 0 Å². The molecule has 0 rings (SSSR count). The Labute approximate surface area is 143 Å². The second-order valence-corrected chi connectivity index (χ2v) is 7.80. The third-order valence-corrected chi connectivity index (χ3v) is 4.27. The summed E-state index contributed by atoms with van der Waals surface area (Å²) >= 11 is 0. The highest BCUT2D eigenvalue weighted by Crippen LogP contribution is 2.51. The van der Waals surface area contributed by atoms with Crippen molar-refractivity contribution in [3.8, 4) is 0 Å². The lowest BCUT2D eigenvalue weighted by Crippen LogP contribution is -2.30. The second kappa shape index (κ2) is 10.8. The summed E-state index contributed by atoms with van der Waals surface area (Å²) in [6.07, 6.45) is -2.98. The van der Waals surface area contributed by atoms with E-state index in [-0.39, 0.29) is 24.7 Å². The van der Waals surface area contributed by atoms with Crippen LogP contribution in [0.3, 0.4) is 0 Å². The Morgan fingerprint density at radius 3 is 1.42 bits per heavy atom. The molecule has 2 atom stereocenters. The molecular weight excluding hydrogens is 339 g/mol. The van der Waals surface area contributed by atoms with Gasteiger partial charge in [-0.15, -0.1) is 0 Å². The predicted molar refractivity (Wildman–Crippen MR) is 86.9 cm³/mol. The zero-order chi connectivity index (χ0) is 18.9. The monoisotopic (exact) mass is 368 g/mol. The van der Waals surface area contributed by atoms with E-state index in [1.165, 1.54) is 0 Å². The number of carbonyl (C=O) groups is 2. The van der Waals surface area contributed by atoms with Crippen LogP contribution in [0.25, 0.3) is 0 Å². The number of esters is 2. The predicted octanol–water partition coefficient (Wildman–Crippen LogP) is 3.03. The molecule has 0 fully saturated rings. The minimum Gasteiger partial charge on any atom is -0.435 e. The second-order valence-electron chi connectivity index (χ2n) is 5.87. The molecule has 0 aliphatic rings. The topological polar surface area (TPSA) is 108 Å². The van der Waals surface area contributed by atoms with E-state index in [0.29, 0.717) is 0 Å². The summed E-state index contributed by atoms with van der Waals surface area (Å²) in [6.45, 7) is 10.0. The molecule has 9 heteroatoms.